The Balaban J connectivity index is 1.05. The summed E-state index contributed by atoms with van der Waals surface area (Å²) in [5.41, 5.74) is 12.8. The third-order valence-corrected chi connectivity index (χ3v) is 10.5. The predicted octanol–water partition coefficient (Wildman–Crippen LogP) is 13.8. The molecule has 0 bridgehead atoms. The lowest BCUT2D eigenvalue weighted by Crippen LogP contribution is -1.96. The van der Waals surface area contributed by atoms with Gasteiger partial charge in [0.1, 0.15) is 22.3 Å². The fourth-order valence-electron chi connectivity index (χ4n) is 7.91. The first-order valence-corrected chi connectivity index (χ1v) is 18.1. The number of fused-ring (bicyclic) bond motifs is 8. The molecule has 0 fully saturated rings. The lowest BCUT2D eigenvalue weighted by atomic mass is 9.93. The topological polar surface area (TPSA) is 52.1 Å². The first kappa shape index (κ1) is 30.3. The van der Waals surface area contributed by atoms with Gasteiger partial charge in [0.2, 0.25) is 0 Å². The summed E-state index contributed by atoms with van der Waals surface area (Å²) in [6.45, 7) is 0. The molecule has 8 aromatic carbocycles. The van der Waals surface area contributed by atoms with Crippen molar-refractivity contribution in [2.45, 2.75) is 0 Å². The predicted molar refractivity (Wildman–Crippen MR) is 221 cm³/mol. The van der Waals surface area contributed by atoms with Crippen molar-refractivity contribution >= 4 is 54.6 Å². The number of nitrogens with zero attached hydrogens (tertiary/aromatic N) is 2. The Kier molecular flexibility index (Phi) is 6.82. The van der Waals surface area contributed by atoms with Crippen LogP contribution in [-0.4, -0.2) is 9.97 Å². The molecule has 0 saturated carbocycles. The minimum Gasteiger partial charge on any atom is -0.456 e. The number of hydrogen-bond donors (Lipinski definition) is 0. The smallest absolute Gasteiger partial charge is 0.160 e. The highest BCUT2D eigenvalue weighted by atomic mass is 16.3. The van der Waals surface area contributed by atoms with E-state index >= 15 is 0 Å². The second kappa shape index (κ2) is 12.1. The van der Waals surface area contributed by atoms with Crippen molar-refractivity contribution in [3.8, 4) is 56.2 Å². The lowest BCUT2D eigenvalue weighted by molar-refractivity contribution is 0.669. The molecule has 0 spiro atoms. The summed E-state index contributed by atoms with van der Waals surface area (Å²) < 4.78 is 12.9. The quantitative estimate of drug-likeness (QED) is 0.180. The Morgan fingerprint density at radius 1 is 0.315 bits per heavy atom. The van der Waals surface area contributed by atoms with Crippen molar-refractivity contribution in [2.24, 2.45) is 0 Å². The Bertz CT molecular complexity index is 3200. The zero-order valence-corrected chi connectivity index (χ0v) is 29.0. The van der Waals surface area contributed by atoms with E-state index in [1.807, 2.05) is 36.4 Å². The van der Waals surface area contributed by atoms with Crippen LogP contribution in [0.15, 0.2) is 191 Å². The average Bonchev–Trinajstić information content (AvgIpc) is 3.82. The highest BCUT2D eigenvalue weighted by Crippen LogP contribution is 2.43. The van der Waals surface area contributed by atoms with Crippen molar-refractivity contribution in [1.29, 1.82) is 0 Å². The van der Waals surface area contributed by atoms with Crippen LogP contribution in [0.4, 0.5) is 0 Å². The first-order chi connectivity index (χ1) is 26.7. The molecule has 4 nitrogen and oxygen atoms in total. The summed E-state index contributed by atoms with van der Waals surface area (Å²) in [4.78, 5) is 10.2. The van der Waals surface area contributed by atoms with E-state index in [1.165, 1.54) is 5.56 Å². The molecule has 11 rings (SSSR count). The first-order valence-electron chi connectivity index (χ1n) is 18.1. The molecule has 0 aliphatic carbocycles. The van der Waals surface area contributed by atoms with Gasteiger partial charge in [0.05, 0.1) is 11.4 Å². The molecule has 0 aliphatic heterocycles. The Hall–Kier alpha value is -7.30. The molecule has 0 atom stereocenters. The standard InChI is InChI=1S/C50H30N2O2/c1-3-12-31(13-4-1)36-19-11-21-46-48(36)42-29-41(37-16-7-8-18-40(37)49(42)54-46)32-22-24-33(25-23-32)43-30-44(52-50(51-43)34-14-5-2-6-15-34)35-26-27-39-38-17-9-10-20-45(38)53-47(39)28-35/h1-30H. The van der Waals surface area contributed by atoms with Crippen molar-refractivity contribution < 1.29 is 8.83 Å². The van der Waals surface area contributed by atoms with E-state index in [4.69, 9.17) is 18.8 Å². The molecule has 54 heavy (non-hydrogen) atoms. The fraction of sp³-hybridized carbons (Fsp3) is 0. The number of rotatable bonds is 5. The monoisotopic (exact) mass is 690 g/mol. The van der Waals surface area contributed by atoms with Crippen LogP contribution in [0, 0.1) is 0 Å². The molecule has 0 radical (unpaired) electrons. The van der Waals surface area contributed by atoms with E-state index in [2.05, 4.69) is 146 Å². The molecule has 3 aromatic heterocycles. The molecule has 252 valence electrons. The van der Waals surface area contributed by atoms with E-state index < -0.39 is 0 Å². The minimum absolute atomic E-state index is 0.675. The van der Waals surface area contributed by atoms with E-state index in [1.54, 1.807) is 0 Å². The van der Waals surface area contributed by atoms with Crippen LogP contribution in [0.3, 0.4) is 0 Å². The summed E-state index contributed by atoms with van der Waals surface area (Å²) >= 11 is 0. The van der Waals surface area contributed by atoms with Crippen LogP contribution < -0.4 is 0 Å². The van der Waals surface area contributed by atoms with Crippen molar-refractivity contribution in [1.82, 2.24) is 9.97 Å². The largest absolute Gasteiger partial charge is 0.456 e. The van der Waals surface area contributed by atoms with Gasteiger partial charge < -0.3 is 8.83 Å². The zero-order chi connectivity index (χ0) is 35.6. The second-order valence-corrected chi connectivity index (χ2v) is 13.7. The van der Waals surface area contributed by atoms with Gasteiger partial charge in [-0.1, -0.05) is 146 Å². The fourth-order valence-corrected chi connectivity index (χ4v) is 7.91. The molecule has 0 unspecified atom stereocenters. The SMILES string of the molecule is c1ccc(-c2nc(-c3ccc(-c4cc5c(oc6cccc(-c7ccccc7)c65)c5ccccc45)cc3)cc(-c3ccc4c(c3)oc3ccccc34)n2)cc1. The van der Waals surface area contributed by atoms with Crippen LogP contribution in [0.2, 0.25) is 0 Å². The van der Waals surface area contributed by atoms with Gasteiger partial charge in [0.25, 0.3) is 0 Å². The highest BCUT2D eigenvalue weighted by molar-refractivity contribution is 6.22. The highest BCUT2D eigenvalue weighted by Gasteiger charge is 2.18. The number of para-hydroxylation sites is 1. The maximum Gasteiger partial charge on any atom is 0.160 e. The zero-order valence-electron chi connectivity index (χ0n) is 29.0. The molecule has 0 aliphatic rings. The van der Waals surface area contributed by atoms with Gasteiger partial charge in [0.15, 0.2) is 5.82 Å². The molecule has 0 amide bonds. The molecule has 0 N–H and O–H groups in total. The van der Waals surface area contributed by atoms with Gasteiger partial charge in [-0.2, -0.15) is 0 Å². The van der Waals surface area contributed by atoms with Gasteiger partial charge in [0, 0.05) is 43.6 Å². The van der Waals surface area contributed by atoms with Crippen LogP contribution in [0.25, 0.3) is 111 Å². The number of furan rings is 2. The summed E-state index contributed by atoms with van der Waals surface area (Å²) in [7, 11) is 0. The maximum absolute atomic E-state index is 6.61. The van der Waals surface area contributed by atoms with Crippen LogP contribution in [0.5, 0.6) is 0 Å². The summed E-state index contributed by atoms with van der Waals surface area (Å²) in [6.07, 6.45) is 0. The van der Waals surface area contributed by atoms with E-state index in [0.29, 0.717) is 5.82 Å². The minimum atomic E-state index is 0.675. The third-order valence-electron chi connectivity index (χ3n) is 10.5. The van der Waals surface area contributed by atoms with Gasteiger partial charge >= 0.3 is 0 Å². The number of aromatic nitrogens is 2. The van der Waals surface area contributed by atoms with Crippen LogP contribution >= 0.6 is 0 Å². The van der Waals surface area contributed by atoms with Gasteiger partial charge in [-0.05, 0) is 64.0 Å². The molecule has 4 heteroatoms. The van der Waals surface area contributed by atoms with Gasteiger partial charge in [-0.15, -0.1) is 0 Å². The Morgan fingerprint density at radius 2 is 0.907 bits per heavy atom. The summed E-state index contributed by atoms with van der Waals surface area (Å²) in [5, 5.41) is 6.68. The van der Waals surface area contributed by atoms with Crippen molar-refractivity contribution in [2.75, 3.05) is 0 Å². The second-order valence-electron chi connectivity index (χ2n) is 13.7. The van der Waals surface area contributed by atoms with Crippen molar-refractivity contribution in [3.05, 3.63) is 182 Å². The number of benzene rings is 8. The Labute approximate surface area is 310 Å². The summed E-state index contributed by atoms with van der Waals surface area (Å²) in [6, 6.07) is 63.2. The van der Waals surface area contributed by atoms with E-state index in [-0.39, 0.29) is 0 Å². The molecule has 0 saturated heterocycles. The van der Waals surface area contributed by atoms with E-state index in [0.717, 1.165) is 99.4 Å². The molecular formula is C50H30N2O2. The van der Waals surface area contributed by atoms with Gasteiger partial charge in [-0.25, -0.2) is 9.97 Å². The molecular weight excluding hydrogens is 661 g/mol. The molecule has 11 aromatic rings. The lowest BCUT2D eigenvalue weighted by Gasteiger charge is -2.11. The van der Waals surface area contributed by atoms with E-state index in [9.17, 15) is 0 Å². The summed E-state index contributed by atoms with van der Waals surface area (Å²) in [5.74, 6) is 0.675. The van der Waals surface area contributed by atoms with Crippen LogP contribution in [0.1, 0.15) is 0 Å². The maximum atomic E-state index is 6.61. The normalized spacial score (nSPS) is 11.7. The van der Waals surface area contributed by atoms with Crippen molar-refractivity contribution in [3.63, 3.8) is 0 Å². The average molecular weight is 691 g/mol. The molecule has 3 heterocycles. The third kappa shape index (κ3) is 4.92. The van der Waals surface area contributed by atoms with Crippen LogP contribution in [-0.2, 0) is 0 Å². The number of hydrogen-bond acceptors (Lipinski definition) is 4. The van der Waals surface area contributed by atoms with Gasteiger partial charge in [-0.3, -0.25) is 0 Å². The Morgan fingerprint density at radius 3 is 1.70 bits per heavy atom.